The molecule has 0 atom stereocenters. The van der Waals surface area contributed by atoms with Crippen molar-refractivity contribution in [1.29, 1.82) is 0 Å². The zero-order chi connectivity index (χ0) is 31.6. The van der Waals surface area contributed by atoms with Gasteiger partial charge in [0.25, 0.3) is 0 Å². The van der Waals surface area contributed by atoms with E-state index >= 15 is 4.57 Å². The van der Waals surface area contributed by atoms with Crippen LogP contribution in [0.1, 0.15) is 22.3 Å². The Bertz CT molecular complexity index is 2790. The molecule has 2 aliphatic heterocycles. The summed E-state index contributed by atoms with van der Waals surface area (Å²) in [4.78, 5) is 0. The normalized spacial score (nSPS) is 19.1. The SMILES string of the molecule is O=P1(c2ccccc2)c2c(ccc3ccccc23)C2(c3ccccc3-n3c4ccccc4c4cccc2c43)c2ccc3ccccc3c21. The Morgan fingerprint density at radius 3 is 1.67 bits per heavy atom. The van der Waals surface area contributed by atoms with Crippen LogP contribution in [-0.2, 0) is 9.98 Å². The average molecular weight is 630 g/mol. The number of aromatic nitrogens is 1. The van der Waals surface area contributed by atoms with Gasteiger partial charge in [-0.2, -0.15) is 0 Å². The minimum Gasteiger partial charge on any atom is -0.309 e. The van der Waals surface area contributed by atoms with E-state index in [2.05, 4.69) is 156 Å². The van der Waals surface area contributed by atoms with Crippen LogP contribution >= 0.6 is 7.14 Å². The minimum atomic E-state index is -3.44. The van der Waals surface area contributed by atoms with E-state index in [4.69, 9.17) is 0 Å². The van der Waals surface area contributed by atoms with E-state index in [0.717, 1.165) is 54.3 Å². The molecule has 0 aliphatic carbocycles. The van der Waals surface area contributed by atoms with Crippen LogP contribution < -0.4 is 15.9 Å². The molecule has 224 valence electrons. The van der Waals surface area contributed by atoms with Crippen molar-refractivity contribution in [3.63, 3.8) is 0 Å². The maximum atomic E-state index is 16.9. The summed E-state index contributed by atoms with van der Waals surface area (Å²) in [5.41, 5.74) is 7.50. The van der Waals surface area contributed by atoms with Gasteiger partial charge in [-0.25, -0.2) is 0 Å². The minimum absolute atomic E-state index is 0.720. The van der Waals surface area contributed by atoms with Crippen molar-refractivity contribution in [2.45, 2.75) is 5.41 Å². The number of hydrogen-bond donors (Lipinski definition) is 0. The average Bonchev–Trinajstić information content (AvgIpc) is 3.50. The maximum absolute atomic E-state index is 16.9. The first kappa shape index (κ1) is 26.4. The fourth-order valence-electron chi connectivity index (χ4n) is 9.23. The predicted octanol–water partition coefficient (Wildman–Crippen LogP) is 9.74. The highest BCUT2D eigenvalue weighted by Gasteiger charge is 2.55. The quantitative estimate of drug-likeness (QED) is 0.166. The maximum Gasteiger partial charge on any atom is 0.172 e. The van der Waals surface area contributed by atoms with Gasteiger partial charge < -0.3 is 9.13 Å². The molecule has 3 heteroatoms. The summed E-state index contributed by atoms with van der Waals surface area (Å²) in [7, 11) is -3.44. The van der Waals surface area contributed by atoms with Crippen LogP contribution in [-0.4, -0.2) is 4.57 Å². The molecule has 0 N–H and O–H groups in total. The molecule has 11 rings (SSSR count). The van der Waals surface area contributed by atoms with Gasteiger partial charge in [-0.05, 0) is 55.9 Å². The standard InChI is InChI=1S/C45H28NOP/c47-48(31-15-2-1-3-16-31)43-32-17-6-4-13-29(32)25-27-38(43)45(39-28-26-30-14-5-7-18-33(30)44(39)48)36-21-9-11-24-41(36)46-40-23-10-8-19-34(40)35-20-12-22-37(45)42(35)46/h1-28H. The molecule has 48 heavy (non-hydrogen) atoms. The zero-order valence-electron chi connectivity index (χ0n) is 26.0. The third kappa shape index (κ3) is 2.99. The molecule has 0 unspecified atom stereocenters. The lowest BCUT2D eigenvalue weighted by Gasteiger charge is -2.48. The highest BCUT2D eigenvalue weighted by atomic mass is 31.2. The van der Waals surface area contributed by atoms with E-state index in [1.165, 1.54) is 32.9 Å². The van der Waals surface area contributed by atoms with Gasteiger partial charge in [-0.3, -0.25) is 0 Å². The monoisotopic (exact) mass is 629 g/mol. The van der Waals surface area contributed by atoms with Gasteiger partial charge in [0, 0.05) is 26.7 Å². The molecule has 2 nitrogen and oxygen atoms in total. The molecular weight excluding hydrogens is 601 g/mol. The van der Waals surface area contributed by atoms with Crippen LogP contribution in [0.2, 0.25) is 0 Å². The second-order valence-electron chi connectivity index (χ2n) is 13.1. The highest BCUT2D eigenvalue weighted by Crippen LogP contribution is 2.62. The van der Waals surface area contributed by atoms with Crippen molar-refractivity contribution < 1.29 is 4.57 Å². The fraction of sp³-hybridized carbons (Fsp3) is 0.0222. The van der Waals surface area contributed by atoms with Crippen LogP contribution in [0.4, 0.5) is 0 Å². The molecule has 1 aromatic heterocycles. The van der Waals surface area contributed by atoms with E-state index in [-0.39, 0.29) is 0 Å². The Balaban J connectivity index is 1.47. The van der Waals surface area contributed by atoms with Crippen LogP contribution in [0, 0.1) is 0 Å². The molecular formula is C45H28NOP. The Kier molecular flexibility index (Phi) is 5.07. The van der Waals surface area contributed by atoms with Gasteiger partial charge in [-0.1, -0.05) is 158 Å². The molecule has 3 heterocycles. The lowest BCUT2D eigenvalue weighted by Crippen LogP contribution is -2.48. The molecule has 0 fully saturated rings. The van der Waals surface area contributed by atoms with E-state index in [9.17, 15) is 0 Å². The van der Waals surface area contributed by atoms with Crippen molar-refractivity contribution in [1.82, 2.24) is 4.57 Å². The van der Waals surface area contributed by atoms with Crippen LogP contribution in [0.3, 0.4) is 0 Å². The smallest absolute Gasteiger partial charge is 0.172 e. The van der Waals surface area contributed by atoms with Gasteiger partial charge in [0.05, 0.1) is 22.1 Å². The lowest BCUT2D eigenvalue weighted by atomic mass is 9.62. The summed E-state index contributed by atoms with van der Waals surface area (Å²) >= 11 is 0. The number of para-hydroxylation sites is 3. The van der Waals surface area contributed by atoms with Gasteiger partial charge >= 0.3 is 0 Å². The van der Waals surface area contributed by atoms with E-state index in [0.29, 0.717) is 0 Å². The van der Waals surface area contributed by atoms with Crippen molar-refractivity contribution in [2.24, 2.45) is 0 Å². The topological polar surface area (TPSA) is 22.0 Å². The number of benzene rings is 8. The fourth-order valence-corrected chi connectivity index (χ4v) is 12.8. The molecule has 1 spiro atoms. The third-order valence-electron chi connectivity index (χ3n) is 11.0. The molecule has 0 bridgehead atoms. The molecule has 0 amide bonds. The van der Waals surface area contributed by atoms with E-state index in [1.807, 2.05) is 18.2 Å². The Morgan fingerprint density at radius 1 is 0.417 bits per heavy atom. The van der Waals surface area contributed by atoms with E-state index in [1.54, 1.807) is 0 Å². The first-order valence-corrected chi connectivity index (χ1v) is 18.3. The van der Waals surface area contributed by atoms with Crippen LogP contribution in [0.15, 0.2) is 170 Å². The van der Waals surface area contributed by atoms with Gasteiger partial charge in [0.15, 0.2) is 7.14 Å². The van der Waals surface area contributed by atoms with Gasteiger partial charge in [-0.15, -0.1) is 0 Å². The second-order valence-corrected chi connectivity index (χ2v) is 15.8. The zero-order valence-corrected chi connectivity index (χ0v) is 26.9. The second kappa shape index (κ2) is 9.22. The Morgan fingerprint density at radius 2 is 0.958 bits per heavy atom. The van der Waals surface area contributed by atoms with Gasteiger partial charge in [0.1, 0.15) is 0 Å². The summed E-state index contributed by atoms with van der Waals surface area (Å²) in [6.45, 7) is 0. The van der Waals surface area contributed by atoms with Crippen LogP contribution in [0.25, 0.3) is 49.0 Å². The lowest BCUT2D eigenvalue weighted by molar-refractivity contribution is 0.590. The molecule has 9 aromatic rings. The van der Waals surface area contributed by atoms with Crippen molar-refractivity contribution in [2.75, 3.05) is 0 Å². The van der Waals surface area contributed by atoms with Crippen LogP contribution in [0.5, 0.6) is 0 Å². The Hall–Kier alpha value is -5.69. The summed E-state index contributed by atoms with van der Waals surface area (Å²) < 4.78 is 19.3. The molecule has 0 saturated heterocycles. The summed E-state index contributed by atoms with van der Waals surface area (Å²) in [5, 5.41) is 9.55. The summed E-state index contributed by atoms with van der Waals surface area (Å²) in [6, 6.07) is 60.8. The van der Waals surface area contributed by atoms with Gasteiger partial charge in [0.2, 0.25) is 0 Å². The van der Waals surface area contributed by atoms with Crippen molar-refractivity contribution in [3.8, 4) is 5.69 Å². The highest BCUT2D eigenvalue weighted by molar-refractivity contribution is 7.86. The number of rotatable bonds is 1. The number of nitrogens with zero attached hydrogens (tertiary/aromatic N) is 1. The molecule has 2 aliphatic rings. The molecule has 8 aromatic carbocycles. The Labute approximate surface area is 277 Å². The largest absolute Gasteiger partial charge is 0.309 e. The number of fused-ring (bicyclic) bond motifs is 15. The first-order chi connectivity index (χ1) is 23.7. The summed E-state index contributed by atoms with van der Waals surface area (Å²) in [5.74, 6) is 0. The third-order valence-corrected chi connectivity index (χ3v) is 14.3. The molecule has 0 saturated carbocycles. The summed E-state index contributed by atoms with van der Waals surface area (Å²) in [6.07, 6.45) is 0. The van der Waals surface area contributed by atoms with Crippen molar-refractivity contribution >= 4 is 66.4 Å². The van der Waals surface area contributed by atoms with E-state index < -0.39 is 12.6 Å². The predicted molar refractivity (Wildman–Crippen MR) is 201 cm³/mol. The molecule has 0 radical (unpaired) electrons. The number of hydrogen-bond acceptors (Lipinski definition) is 1. The van der Waals surface area contributed by atoms with Crippen molar-refractivity contribution in [3.05, 3.63) is 192 Å². The first-order valence-electron chi connectivity index (χ1n) is 16.6.